The van der Waals surface area contributed by atoms with Crippen LogP contribution < -0.4 is 5.32 Å². The van der Waals surface area contributed by atoms with Crippen LogP contribution in [0.4, 0.5) is 0 Å². The van der Waals surface area contributed by atoms with Gasteiger partial charge in [-0.05, 0) is 59.8 Å². The minimum atomic E-state index is 0.371. The van der Waals surface area contributed by atoms with Crippen LogP contribution in [0.3, 0.4) is 0 Å². The first-order valence-electron chi connectivity index (χ1n) is 6.25. The van der Waals surface area contributed by atoms with Gasteiger partial charge < -0.3 is 10.1 Å². The number of halogens is 1. The molecular weight excluding hydrogens is 298 g/mol. The van der Waals surface area contributed by atoms with Crippen molar-refractivity contribution in [2.45, 2.75) is 38.3 Å². The molecule has 1 aliphatic rings. The number of hydrogen-bond acceptors (Lipinski definition) is 3. The third-order valence-electron chi connectivity index (χ3n) is 3.27. The van der Waals surface area contributed by atoms with Crippen LogP contribution in [0.5, 0.6) is 0 Å². The molecule has 0 bridgehead atoms. The monoisotopic (exact) mass is 317 g/mol. The fourth-order valence-corrected chi connectivity index (χ4v) is 3.90. The van der Waals surface area contributed by atoms with Crippen molar-refractivity contribution in [2.24, 2.45) is 5.92 Å². The fourth-order valence-electron chi connectivity index (χ4n) is 2.35. The Hall–Kier alpha value is 0.1000. The predicted octanol–water partition coefficient (Wildman–Crippen LogP) is 3.46. The van der Waals surface area contributed by atoms with Gasteiger partial charge in [0.05, 0.1) is 9.89 Å². The maximum absolute atomic E-state index is 5.70. The van der Waals surface area contributed by atoms with E-state index in [1.165, 1.54) is 21.5 Å². The van der Waals surface area contributed by atoms with Crippen LogP contribution >= 0.6 is 27.3 Å². The average molecular weight is 318 g/mol. The van der Waals surface area contributed by atoms with Gasteiger partial charge in [0.1, 0.15) is 0 Å². The first-order chi connectivity index (χ1) is 8.24. The van der Waals surface area contributed by atoms with Gasteiger partial charge in [0.2, 0.25) is 0 Å². The summed E-state index contributed by atoms with van der Waals surface area (Å²) in [4.78, 5) is 1.42. The number of hydrogen-bond donors (Lipinski definition) is 1. The Labute approximate surface area is 116 Å². The van der Waals surface area contributed by atoms with E-state index >= 15 is 0 Å². The van der Waals surface area contributed by atoms with Gasteiger partial charge in [-0.25, -0.2) is 0 Å². The summed E-state index contributed by atoms with van der Waals surface area (Å²) in [5, 5.41) is 3.58. The molecule has 0 radical (unpaired) electrons. The van der Waals surface area contributed by atoms with Crippen molar-refractivity contribution in [3.8, 4) is 0 Å². The second-order valence-electron chi connectivity index (χ2n) is 4.61. The molecule has 1 aromatic heterocycles. The van der Waals surface area contributed by atoms with Gasteiger partial charge >= 0.3 is 0 Å². The molecule has 0 saturated heterocycles. The number of likely N-dealkylation sites (N-methyl/N-ethyl adjacent to an activating group) is 1. The smallest absolute Gasteiger partial charge is 0.0755 e. The lowest BCUT2D eigenvalue weighted by molar-refractivity contribution is 0.0518. The second kappa shape index (κ2) is 6.32. The molecule has 2 nitrogen and oxygen atoms in total. The quantitative estimate of drug-likeness (QED) is 0.831. The summed E-state index contributed by atoms with van der Waals surface area (Å²) in [6.07, 6.45) is 4.10. The first kappa shape index (κ1) is 13.5. The molecule has 0 spiro atoms. The molecule has 0 aliphatic heterocycles. The van der Waals surface area contributed by atoms with Crippen LogP contribution in [0.2, 0.25) is 0 Å². The molecule has 1 N–H and O–H groups in total. The third kappa shape index (κ3) is 3.78. The number of methoxy groups -OCH3 is 1. The topological polar surface area (TPSA) is 21.3 Å². The Balaban J connectivity index is 2.00. The van der Waals surface area contributed by atoms with Crippen molar-refractivity contribution in [2.75, 3.05) is 13.7 Å². The summed E-state index contributed by atoms with van der Waals surface area (Å²) in [6, 6.07) is 4.78. The van der Waals surface area contributed by atoms with Crippen molar-refractivity contribution in [1.82, 2.24) is 5.32 Å². The number of nitrogens with one attached hydrogen (secondary N) is 1. The average Bonchev–Trinajstić information content (AvgIpc) is 3.04. The summed E-state index contributed by atoms with van der Waals surface area (Å²) in [6.45, 7) is 3.17. The minimum absolute atomic E-state index is 0.371. The van der Waals surface area contributed by atoms with E-state index in [0.29, 0.717) is 12.1 Å². The lowest BCUT2D eigenvalue weighted by atomic mass is 10.0. The molecule has 1 saturated carbocycles. The van der Waals surface area contributed by atoms with Crippen LogP contribution in [-0.4, -0.2) is 25.8 Å². The van der Waals surface area contributed by atoms with Gasteiger partial charge in [-0.2, -0.15) is 0 Å². The highest BCUT2D eigenvalue weighted by Crippen LogP contribution is 2.36. The van der Waals surface area contributed by atoms with Crippen LogP contribution in [0.15, 0.2) is 15.9 Å². The van der Waals surface area contributed by atoms with Crippen LogP contribution in [0.1, 0.15) is 24.6 Å². The number of ether oxygens (including phenoxy) is 1. The molecule has 0 aromatic carbocycles. The van der Waals surface area contributed by atoms with E-state index in [0.717, 1.165) is 18.9 Å². The molecule has 1 aromatic rings. The summed E-state index contributed by atoms with van der Waals surface area (Å²) in [5.74, 6) is 0.771. The lowest BCUT2D eigenvalue weighted by Gasteiger charge is -2.26. The standard InChI is InChI=1S/C13H20BrNOS/c1-3-15-11(13(16-2)9-4-5-9)8-10-6-7-12(14)17-10/h6-7,9,11,13,15H,3-5,8H2,1-2H3. The maximum Gasteiger partial charge on any atom is 0.0755 e. The van der Waals surface area contributed by atoms with Crippen LogP contribution in [-0.2, 0) is 11.2 Å². The second-order valence-corrected chi connectivity index (χ2v) is 7.16. The van der Waals surface area contributed by atoms with Gasteiger partial charge in [0, 0.05) is 18.0 Å². The molecule has 1 heterocycles. The largest absolute Gasteiger partial charge is 0.380 e. The fraction of sp³-hybridized carbons (Fsp3) is 0.692. The van der Waals surface area contributed by atoms with E-state index in [4.69, 9.17) is 4.74 Å². The highest BCUT2D eigenvalue weighted by atomic mass is 79.9. The summed E-state index contributed by atoms with van der Waals surface area (Å²) in [7, 11) is 1.84. The first-order valence-corrected chi connectivity index (χ1v) is 7.86. The SMILES string of the molecule is CCNC(Cc1ccc(Br)s1)C(OC)C1CC1. The molecule has 1 fully saturated rings. The Morgan fingerprint density at radius 3 is 2.76 bits per heavy atom. The zero-order valence-corrected chi connectivity index (χ0v) is 12.8. The van der Waals surface area contributed by atoms with Crippen molar-refractivity contribution in [3.63, 3.8) is 0 Å². The van der Waals surface area contributed by atoms with Crippen molar-refractivity contribution < 1.29 is 4.74 Å². The van der Waals surface area contributed by atoms with Gasteiger partial charge in [-0.3, -0.25) is 0 Å². The molecule has 2 rings (SSSR count). The van der Waals surface area contributed by atoms with Crippen molar-refractivity contribution >= 4 is 27.3 Å². The highest BCUT2D eigenvalue weighted by molar-refractivity contribution is 9.11. The zero-order valence-electron chi connectivity index (χ0n) is 10.4. The van der Waals surface area contributed by atoms with Gasteiger partial charge in [0.15, 0.2) is 0 Å². The van der Waals surface area contributed by atoms with E-state index in [9.17, 15) is 0 Å². The molecule has 96 valence electrons. The minimum Gasteiger partial charge on any atom is -0.380 e. The van der Waals surface area contributed by atoms with E-state index in [1.54, 1.807) is 0 Å². The van der Waals surface area contributed by atoms with Crippen LogP contribution in [0, 0.1) is 5.92 Å². The summed E-state index contributed by atoms with van der Waals surface area (Å²) >= 11 is 5.35. The highest BCUT2D eigenvalue weighted by Gasteiger charge is 2.36. The normalized spacial score (nSPS) is 19.2. The lowest BCUT2D eigenvalue weighted by Crippen LogP contribution is -2.43. The van der Waals surface area contributed by atoms with Crippen molar-refractivity contribution in [3.05, 3.63) is 20.8 Å². The van der Waals surface area contributed by atoms with Gasteiger partial charge in [-0.15, -0.1) is 11.3 Å². The van der Waals surface area contributed by atoms with E-state index in [1.807, 2.05) is 18.4 Å². The number of rotatable bonds is 7. The third-order valence-corrected chi connectivity index (χ3v) is 4.92. The predicted molar refractivity (Wildman–Crippen MR) is 76.7 cm³/mol. The van der Waals surface area contributed by atoms with E-state index < -0.39 is 0 Å². The summed E-state index contributed by atoms with van der Waals surface area (Å²) < 4.78 is 6.91. The molecule has 2 unspecified atom stereocenters. The molecular formula is C13H20BrNOS. The zero-order chi connectivity index (χ0) is 12.3. The molecule has 2 atom stereocenters. The van der Waals surface area contributed by atoms with E-state index in [2.05, 4.69) is 40.3 Å². The molecule has 17 heavy (non-hydrogen) atoms. The Bertz CT molecular complexity index is 351. The van der Waals surface area contributed by atoms with Gasteiger partial charge in [0.25, 0.3) is 0 Å². The molecule has 4 heteroatoms. The number of thiophene rings is 1. The van der Waals surface area contributed by atoms with Gasteiger partial charge in [-0.1, -0.05) is 6.92 Å². The molecule has 0 amide bonds. The van der Waals surface area contributed by atoms with E-state index in [-0.39, 0.29) is 0 Å². The Morgan fingerprint density at radius 2 is 2.29 bits per heavy atom. The van der Waals surface area contributed by atoms with Crippen LogP contribution in [0.25, 0.3) is 0 Å². The Morgan fingerprint density at radius 1 is 1.53 bits per heavy atom. The maximum atomic E-state index is 5.70. The van der Waals surface area contributed by atoms with Crippen molar-refractivity contribution in [1.29, 1.82) is 0 Å². The molecule has 1 aliphatic carbocycles. The summed E-state index contributed by atoms with van der Waals surface area (Å²) in [5.41, 5.74) is 0. The Kier molecular flexibility index (Phi) is 5.03.